The number of pyridine rings is 1. The predicted molar refractivity (Wildman–Crippen MR) is 84.3 cm³/mol. The Morgan fingerprint density at radius 1 is 1.30 bits per heavy atom. The lowest BCUT2D eigenvalue weighted by atomic mass is 10.1. The van der Waals surface area contributed by atoms with E-state index in [0.717, 1.165) is 54.6 Å². The summed E-state index contributed by atoms with van der Waals surface area (Å²) in [5, 5.41) is 4.07. The van der Waals surface area contributed by atoms with E-state index < -0.39 is 0 Å². The van der Waals surface area contributed by atoms with Crippen LogP contribution < -0.4 is 0 Å². The van der Waals surface area contributed by atoms with Crippen molar-refractivity contribution in [3.63, 3.8) is 0 Å². The van der Waals surface area contributed by atoms with E-state index in [2.05, 4.69) is 20.0 Å². The molecule has 23 heavy (non-hydrogen) atoms. The Bertz CT molecular complexity index is 815. The van der Waals surface area contributed by atoms with Gasteiger partial charge in [-0.2, -0.15) is 0 Å². The zero-order chi connectivity index (χ0) is 15.6. The van der Waals surface area contributed by atoms with E-state index in [1.54, 1.807) is 12.4 Å². The third kappa shape index (κ3) is 2.98. The van der Waals surface area contributed by atoms with Crippen molar-refractivity contribution in [2.24, 2.45) is 0 Å². The number of fused-ring (bicyclic) bond motifs is 1. The lowest BCUT2D eigenvalue weighted by Gasteiger charge is -2.27. The molecule has 0 aromatic carbocycles. The molecule has 4 heterocycles. The summed E-state index contributed by atoms with van der Waals surface area (Å²) in [7, 11) is 0. The number of hydrogen-bond acceptors (Lipinski definition) is 6. The predicted octanol–water partition coefficient (Wildman–Crippen LogP) is 2.39. The minimum absolute atomic E-state index is 0.732. The Morgan fingerprint density at radius 3 is 3.04 bits per heavy atom. The van der Waals surface area contributed by atoms with Gasteiger partial charge in [-0.3, -0.25) is 9.88 Å². The normalized spacial score (nSPS) is 14.7. The molecule has 6 nitrogen and oxygen atoms in total. The second-order valence-corrected chi connectivity index (χ2v) is 5.80. The van der Waals surface area contributed by atoms with Gasteiger partial charge in [0.1, 0.15) is 5.76 Å². The van der Waals surface area contributed by atoms with Crippen LogP contribution in [0, 0.1) is 6.92 Å². The van der Waals surface area contributed by atoms with Gasteiger partial charge in [0.2, 0.25) is 0 Å². The molecule has 0 bridgehead atoms. The van der Waals surface area contributed by atoms with Crippen molar-refractivity contribution in [2.75, 3.05) is 6.54 Å². The van der Waals surface area contributed by atoms with Crippen LogP contribution in [0.3, 0.4) is 0 Å². The summed E-state index contributed by atoms with van der Waals surface area (Å²) in [5.74, 6) is 1.58. The SMILES string of the molecule is Cc1cc(CN2CCc3cnc(-c4cccnc4)nc3C2)no1. The molecular formula is C17H17N5O. The Morgan fingerprint density at radius 2 is 2.26 bits per heavy atom. The highest BCUT2D eigenvalue weighted by atomic mass is 16.5. The molecule has 6 heteroatoms. The van der Waals surface area contributed by atoms with Gasteiger partial charge in [0.15, 0.2) is 5.82 Å². The van der Waals surface area contributed by atoms with Crippen LogP contribution in [0.1, 0.15) is 22.7 Å². The Kier molecular flexibility index (Phi) is 3.59. The van der Waals surface area contributed by atoms with Crippen molar-refractivity contribution < 1.29 is 4.52 Å². The molecule has 0 unspecified atom stereocenters. The maximum atomic E-state index is 5.14. The minimum Gasteiger partial charge on any atom is -0.361 e. The first-order chi connectivity index (χ1) is 11.3. The molecule has 3 aromatic heterocycles. The average molecular weight is 307 g/mol. The first-order valence-electron chi connectivity index (χ1n) is 7.68. The van der Waals surface area contributed by atoms with Crippen LogP contribution in [-0.2, 0) is 19.5 Å². The monoisotopic (exact) mass is 307 g/mol. The zero-order valence-corrected chi connectivity index (χ0v) is 12.9. The summed E-state index contributed by atoms with van der Waals surface area (Å²) in [6.07, 6.45) is 6.45. The molecule has 0 amide bonds. The molecular weight excluding hydrogens is 290 g/mol. The van der Waals surface area contributed by atoms with Crippen molar-refractivity contribution in [1.82, 2.24) is 25.0 Å². The van der Waals surface area contributed by atoms with Crippen LogP contribution in [0.25, 0.3) is 11.4 Å². The smallest absolute Gasteiger partial charge is 0.160 e. The molecule has 0 saturated carbocycles. The van der Waals surface area contributed by atoms with E-state index in [4.69, 9.17) is 9.51 Å². The fraction of sp³-hybridized carbons (Fsp3) is 0.294. The van der Waals surface area contributed by atoms with Gasteiger partial charge in [-0.1, -0.05) is 5.16 Å². The van der Waals surface area contributed by atoms with Crippen molar-refractivity contribution in [1.29, 1.82) is 0 Å². The Labute approximate surface area is 134 Å². The first kappa shape index (κ1) is 14.0. The second kappa shape index (κ2) is 5.89. The Hall–Kier alpha value is -2.60. The van der Waals surface area contributed by atoms with Gasteiger partial charge in [-0.05, 0) is 31.0 Å². The van der Waals surface area contributed by atoms with Gasteiger partial charge >= 0.3 is 0 Å². The summed E-state index contributed by atoms with van der Waals surface area (Å²) in [4.78, 5) is 15.7. The molecule has 1 aliphatic rings. The van der Waals surface area contributed by atoms with Gasteiger partial charge in [-0.25, -0.2) is 9.97 Å². The molecule has 3 aromatic rings. The molecule has 0 radical (unpaired) electrons. The zero-order valence-electron chi connectivity index (χ0n) is 12.9. The van der Waals surface area contributed by atoms with Gasteiger partial charge in [0, 0.05) is 49.9 Å². The number of aromatic nitrogens is 4. The number of aryl methyl sites for hydroxylation is 1. The molecule has 4 rings (SSSR count). The lowest BCUT2D eigenvalue weighted by molar-refractivity contribution is 0.233. The highest BCUT2D eigenvalue weighted by Gasteiger charge is 2.20. The largest absolute Gasteiger partial charge is 0.361 e. The number of nitrogens with zero attached hydrogens (tertiary/aromatic N) is 5. The highest BCUT2D eigenvalue weighted by molar-refractivity contribution is 5.53. The fourth-order valence-electron chi connectivity index (χ4n) is 2.85. The molecule has 0 aliphatic carbocycles. The average Bonchev–Trinajstić information content (AvgIpc) is 3.00. The molecule has 0 atom stereocenters. The first-order valence-corrected chi connectivity index (χ1v) is 7.68. The summed E-state index contributed by atoms with van der Waals surface area (Å²) < 4.78 is 5.14. The molecule has 0 N–H and O–H groups in total. The van der Waals surface area contributed by atoms with E-state index in [1.165, 1.54) is 5.56 Å². The van der Waals surface area contributed by atoms with Crippen LogP contribution in [0.4, 0.5) is 0 Å². The minimum atomic E-state index is 0.732. The van der Waals surface area contributed by atoms with Crippen LogP contribution in [0.15, 0.2) is 41.3 Å². The third-order valence-corrected chi connectivity index (χ3v) is 4.01. The topological polar surface area (TPSA) is 67.9 Å². The van der Waals surface area contributed by atoms with Gasteiger partial charge < -0.3 is 4.52 Å². The van der Waals surface area contributed by atoms with Crippen molar-refractivity contribution in [3.05, 3.63) is 59.5 Å². The van der Waals surface area contributed by atoms with Crippen LogP contribution in [0.2, 0.25) is 0 Å². The van der Waals surface area contributed by atoms with Gasteiger partial charge in [0.05, 0.1) is 11.4 Å². The van der Waals surface area contributed by atoms with E-state index in [-0.39, 0.29) is 0 Å². The fourth-order valence-corrected chi connectivity index (χ4v) is 2.85. The number of rotatable bonds is 3. The summed E-state index contributed by atoms with van der Waals surface area (Å²) >= 11 is 0. The van der Waals surface area contributed by atoms with E-state index >= 15 is 0 Å². The van der Waals surface area contributed by atoms with E-state index in [0.29, 0.717) is 0 Å². The molecule has 0 spiro atoms. The van der Waals surface area contributed by atoms with Crippen LogP contribution in [-0.4, -0.2) is 31.6 Å². The second-order valence-electron chi connectivity index (χ2n) is 5.80. The third-order valence-electron chi connectivity index (χ3n) is 4.01. The number of hydrogen-bond donors (Lipinski definition) is 0. The maximum absolute atomic E-state index is 5.14. The van der Waals surface area contributed by atoms with Gasteiger partial charge in [-0.15, -0.1) is 0 Å². The summed E-state index contributed by atoms with van der Waals surface area (Å²) in [5.41, 5.74) is 4.22. The van der Waals surface area contributed by atoms with E-state index in [1.807, 2.05) is 31.3 Å². The Balaban J connectivity index is 1.56. The molecule has 0 fully saturated rings. The maximum Gasteiger partial charge on any atom is 0.160 e. The van der Waals surface area contributed by atoms with Gasteiger partial charge in [0.25, 0.3) is 0 Å². The van der Waals surface area contributed by atoms with Crippen molar-refractivity contribution >= 4 is 0 Å². The van der Waals surface area contributed by atoms with Crippen molar-refractivity contribution in [2.45, 2.75) is 26.4 Å². The molecule has 0 saturated heterocycles. The van der Waals surface area contributed by atoms with Crippen LogP contribution >= 0.6 is 0 Å². The molecule has 116 valence electrons. The van der Waals surface area contributed by atoms with Crippen LogP contribution in [0.5, 0.6) is 0 Å². The quantitative estimate of drug-likeness (QED) is 0.740. The summed E-state index contributed by atoms with van der Waals surface area (Å²) in [6, 6.07) is 5.86. The van der Waals surface area contributed by atoms with E-state index in [9.17, 15) is 0 Å². The van der Waals surface area contributed by atoms with Crippen molar-refractivity contribution in [3.8, 4) is 11.4 Å². The lowest BCUT2D eigenvalue weighted by Crippen LogP contribution is -2.31. The summed E-state index contributed by atoms with van der Waals surface area (Å²) in [6.45, 7) is 4.48. The molecule has 1 aliphatic heterocycles. The standard InChI is InChI=1S/C17H17N5O/c1-12-7-15(21-23-12)10-22-6-4-13-9-19-17(20-16(13)11-22)14-3-2-5-18-8-14/h2-3,5,7-9H,4,6,10-11H2,1H3. The highest BCUT2D eigenvalue weighted by Crippen LogP contribution is 2.21.